The van der Waals surface area contributed by atoms with Gasteiger partial charge in [-0.2, -0.15) is 0 Å². The van der Waals surface area contributed by atoms with Crippen molar-refractivity contribution in [1.29, 1.82) is 0 Å². The van der Waals surface area contributed by atoms with Gasteiger partial charge in [-0.05, 0) is 81.3 Å². The number of piperidine rings is 3. The minimum atomic E-state index is -3.86. The van der Waals surface area contributed by atoms with E-state index in [9.17, 15) is 18.0 Å². The number of anilines is 1. The highest BCUT2D eigenvalue weighted by Crippen LogP contribution is 2.39. The van der Waals surface area contributed by atoms with Crippen LogP contribution in [0.25, 0.3) is 0 Å². The van der Waals surface area contributed by atoms with Crippen molar-refractivity contribution in [2.75, 3.05) is 64.4 Å². The van der Waals surface area contributed by atoms with E-state index in [1.54, 1.807) is 24.7 Å². The third kappa shape index (κ3) is 6.80. The van der Waals surface area contributed by atoms with Crippen LogP contribution in [0, 0.1) is 17.8 Å². The van der Waals surface area contributed by atoms with Crippen LogP contribution in [-0.2, 0) is 24.2 Å². The number of carbonyl (C=O) groups is 2. The van der Waals surface area contributed by atoms with Gasteiger partial charge >= 0.3 is 0 Å². The number of methoxy groups -OCH3 is 1. The third-order valence-corrected chi connectivity index (χ3v) is 11.7. The van der Waals surface area contributed by atoms with Crippen molar-refractivity contribution < 1.29 is 28.0 Å². The van der Waals surface area contributed by atoms with Crippen LogP contribution in [0.15, 0.2) is 29.2 Å². The van der Waals surface area contributed by atoms with E-state index in [0.717, 1.165) is 44.7 Å². The van der Waals surface area contributed by atoms with Crippen molar-refractivity contribution in [3.05, 3.63) is 24.3 Å². The summed E-state index contributed by atoms with van der Waals surface area (Å²) in [6, 6.07) is 6.93. The van der Waals surface area contributed by atoms with E-state index in [4.69, 9.17) is 9.94 Å². The first kappa shape index (κ1) is 30.7. The Balaban J connectivity index is 1.41. The first-order valence-electron chi connectivity index (χ1n) is 14.6. The Hall–Kier alpha value is -2.21. The molecule has 4 rings (SSSR count). The number of hydrogen-bond donors (Lipinski definition) is 2. The van der Waals surface area contributed by atoms with E-state index >= 15 is 0 Å². The summed E-state index contributed by atoms with van der Waals surface area (Å²) in [6.45, 7) is 9.96. The number of amides is 2. The number of nitrogens with zero attached hydrogens (tertiary/aromatic N) is 3. The molecule has 3 fully saturated rings. The summed E-state index contributed by atoms with van der Waals surface area (Å²) in [5.41, 5.74) is 2.56. The van der Waals surface area contributed by atoms with Crippen molar-refractivity contribution >= 4 is 27.3 Å². The average molecular weight is 579 g/mol. The highest BCUT2D eigenvalue weighted by molar-refractivity contribution is 7.92. The Kier molecular flexibility index (Phi) is 10.1. The number of hydrogen-bond acceptors (Lipinski definition) is 8. The minimum Gasteiger partial charge on any atom is -0.383 e. The van der Waals surface area contributed by atoms with Gasteiger partial charge in [0.1, 0.15) is 0 Å². The summed E-state index contributed by atoms with van der Waals surface area (Å²) in [7, 11) is -2.23. The first-order valence-corrected chi connectivity index (χ1v) is 16.1. The number of benzene rings is 1. The van der Waals surface area contributed by atoms with E-state index in [-0.39, 0.29) is 23.1 Å². The molecule has 0 saturated carbocycles. The number of ether oxygens (including phenoxy) is 1. The summed E-state index contributed by atoms with van der Waals surface area (Å²) in [4.78, 5) is 32.0. The standard InChI is InChI=1S/C29H46N4O6S/c1-22-18-23(2)21-33(20-22)28(35)24-8-12-32(13-9-24)25-4-6-26(7-5-25)40(37,38)29(19-27(34)30-36)10-14-31(15-11-29)16-17-39-3/h4-7,22-24,36H,8-21H2,1-3H3,(H,30,34). The van der Waals surface area contributed by atoms with E-state index in [2.05, 4.69) is 28.5 Å². The molecule has 1 aromatic rings. The number of sulfone groups is 1. The third-order valence-electron chi connectivity index (χ3n) is 9.09. The van der Waals surface area contributed by atoms with Crippen molar-refractivity contribution in [2.45, 2.75) is 62.0 Å². The van der Waals surface area contributed by atoms with Crippen LogP contribution < -0.4 is 10.4 Å². The van der Waals surface area contributed by atoms with Gasteiger partial charge in [-0.3, -0.25) is 14.8 Å². The maximum Gasteiger partial charge on any atom is 0.244 e. The molecule has 3 heterocycles. The van der Waals surface area contributed by atoms with E-state index in [1.807, 2.05) is 12.1 Å². The maximum absolute atomic E-state index is 13.9. The fraction of sp³-hybridized carbons (Fsp3) is 0.724. The predicted molar refractivity (Wildman–Crippen MR) is 153 cm³/mol. The summed E-state index contributed by atoms with van der Waals surface area (Å²) in [5.74, 6) is 0.716. The molecule has 3 saturated heterocycles. The molecule has 1 aromatic carbocycles. The Morgan fingerprint density at radius 3 is 2.17 bits per heavy atom. The van der Waals surface area contributed by atoms with Crippen LogP contribution >= 0.6 is 0 Å². The molecule has 0 aromatic heterocycles. The molecule has 0 radical (unpaired) electrons. The molecule has 0 aliphatic carbocycles. The normalized spacial score (nSPS) is 24.6. The van der Waals surface area contributed by atoms with Gasteiger partial charge in [-0.25, -0.2) is 13.9 Å². The molecular formula is C29H46N4O6S. The van der Waals surface area contributed by atoms with E-state index in [0.29, 0.717) is 50.9 Å². The average Bonchev–Trinajstić information content (AvgIpc) is 2.96. The quantitative estimate of drug-likeness (QED) is 0.339. The number of likely N-dealkylation sites (tertiary alicyclic amines) is 2. The minimum absolute atomic E-state index is 0.0423. The molecule has 40 heavy (non-hydrogen) atoms. The van der Waals surface area contributed by atoms with Crippen LogP contribution in [0.4, 0.5) is 5.69 Å². The van der Waals surface area contributed by atoms with Crippen molar-refractivity contribution in [2.24, 2.45) is 17.8 Å². The van der Waals surface area contributed by atoms with Crippen LogP contribution in [0.1, 0.15) is 52.4 Å². The zero-order valence-corrected chi connectivity index (χ0v) is 25.0. The largest absolute Gasteiger partial charge is 0.383 e. The fourth-order valence-electron chi connectivity index (χ4n) is 6.85. The van der Waals surface area contributed by atoms with Gasteiger partial charge in [0, 0.05) is 57.9 Å². The number of hydroxylamine groups is 1. The lowest BCUT2D eigenvalue weighted by molar-refractivity contribution is -0.139. The molecule has 0 spiro atoms. The smallest absolute Gasteiger partial charge is 0.244 e. The zero-order valence-electron chi connectivity index (χ0n) is 24.2. The van der Waals surface area contributed by atoms with Crippen molar-refractivity contribution in [3.63, 3.8) is 0 Å². The van der Waals surface area contributed by atoms with Gasteiger partial charge in [0.15, 0.2) is 9.84 Å². The zero-order chi connectivity index (χ0) is 28.9. The summed E-state index contributed by atoms with van der Waals surface area (Å²) >= 11 is 0. The maximum atomic E-state index is 13.9. The molecule has 11 heteroatoms. The van der Waals surface area contributed by atoms with Gasteiger partial charge in [0.2, 0.25) is 11.8 Å². The number of carbonyl (C=O) groups excluding carboxylic acids is 2. The van der Waals surface area contributed by atoms with Crippen LogP contribution in [-0.4, -0.2) is 99.5 Å². The SMILES string of the molecule is COCCN1CCC(CC(=O)NO)(S(=O)(=O)c2ccc(N3CCC(C(=O)N4CC(C)CC(C)C4)CC3)cc2)CC1. The molecule has 2 atom stereocenters. The summed E-state index contributed by atoms with van der Waals surface area (Å²) < 4.78 is 31.7. The monoisotopic (exact) mass is 578 g/mol. The molecule has 10 nitrogen and oxygen atoms in total. The molecule has 224 valence electrons. The molecule has 3 aliphatic heterocycles. The van der Waals surface area contributed by atoms with E-state index in [1.165, 1.54) is 6.42 Å². The number of rotatable bonds is 9. The van der Waals surface area contributed by atoms with Crippen molar-refractivity contribution in [3.8, 4) is 0 Å². The second-order valence-electron chi connectivity index (χ2n) is 12.2. The second kappa shape index (κ2) is 13.2. The Morgan fingerprint density at radius 1 is 1.02 bits per heavy atom. The molecular weight excluding hydrogens is 532 g/mol. The first-order chi connectivity index (χ1) is 19.1. The van der Waals surface area contributed by atoms with Crippen LogP contribution in [0.2, 0.25) is 0 Å². The topological polar surface area (TPSA) is 119 Å². The summed E-state index contributed by atoms with van der Waals surface area (Å²) in [5, 5.41) is 9.16. The van der Waals surface area contributed by atoms with Gasteiger partial charge in [-0.1, -0.05) is 13.8 Å². The molecule has 2 N–H and O–H groups in total. The molecule has 2 amide bonds. The number of nitrogens with one attached hydrogen (secondary N) is 1. The van der Waals surface area contributed by atoms with Gasteiger partial charge in [0.05, 0.1) is 16.2 Å². The Bertz CT molecular complexity index is 1100. The molecule has 2 unspecified atom stereocenters. The predicted octanol–water partition coefficient (Wildman–Crippen LogP) is 2.56. The van der Waals surface area contributed by atoms with Gasteiger partial charge in [0.25, 0.3) is 0 Å². The van der Waals surface area contributed by atoms with Gasteiger partial charge < -0.3 is 19.4 Å². The second-order valence-corrected chi connectivity index (χ2v) is 14.5. The fourth-order valence-corrected chi connectivity index (χ4v) is 8.88. The highest BCUT2D eigenvalue weighted by Gasteiger charge is 2.48. The Labute approximate surface area is 238 Å². The lowest BCUT2D eigenvalue weighted by atomic mass is 9.89. The molecule has 0 bridgehead atoms. The van der Waals surface area contributed by atoms with E-state index < -0.39 is 20.5 Å². The lowest BCUT2D eigenvalue weighted by Gasteiger charge is -2.41. The summed E-state index contributed by atoms with van der Waals surface area (Å²) in [6.07, 6.45) is 3.06. The molecule has 3 aliphatic rings. The Morgan fingerprint density at radius 2 is 1.62 bits per heavy atom. The van der Waals surface area contributed by atoms with Crippen LogP contribution in [0.3, 0.4) is 0 Å². The van der Waals surface area contributed by atoms with Crippen LogP contribution in [0.5, 0.6) is 0 Å². The highest BCUT2D eigenvalue weighted by atomic mass is 32.2. The van der Waals surface area contributed by atoms with Crippen molar-refractivity contribution in [1.82, 2.24) is 15.3 Å². The lowest BCUT2D eigenvalue weighted by Crippen LogP contribution is -2.51. The van der Waals surface area contributed by atoms with Gasteiger partial charge in [-0.15, -0.1) is 0 Å².